The van der Waals surface area contributed by atoms with Crippen molar-refractivity contribution in [3.8, 4) is 0 Å². The largest absolute Gasteiger partial charge is 0.337 e. The van der Waals surface area contributed by atoms with Gasteiger partial charge in [-0.1, -0.05) is 0 Å². The third-order valence-corrected chi connectivity index (χ3v) is 3.93. The van der Waals surface area contributed by atoms with E-state index < -0.39 is 61.5 Å². The van der Waals surface area contributed by atoms with Crippen LogP contribution in [0.4, 0.5) is 30.2 Å². The van der Waals surface area contributed by atoms with Gasteiger partial charge >= 0.3 is 0 Å². The van der Waals surface area contributed by atoms with Crippen LogP contribution in [0.2, 0.25) is 0 Å². The summed E-state index contributed by atoms with van der Waals surface area (Å²) in [4.78, 5) is 23.9. The average Bonchev–Trinajstić information content (AvgIpc) is 2.66. The molecule has 4 N–H and O–H groups in total. The Hall–Kier alpha value is -4.00. The molecule has 150 valence electrons. The van der Waals surface area contributed by atoms with Crippen molar-refractivity contribution in [2.75, 3.05) is 5.32 Å². The van der Waals surface area contributed by atoms with Crippen molar-refractivity contribution in [3.05, 3.63) is 85.5 Å². The zero-order valence-electron chi connectivity index (χ0n) is 14.2. The molecule has 1 aliphatic rings. The van der Waals surface area contributed by atoms with Crippen LogP contribution in [0.1, 0.15) is 5.56 Å². The molecule has 0 aliphatic carbocycles. The number of nitro benzene ring substituents is 2. The van der Waals surface area contributed by atoms with E-state index in [0.717, 1.165) is 36.4 Å². The SMILES string of the molecule is NC1(c2cc([N+](=O)[O-])ccc2F)N=CC(F)=C(Nc2cc([N+](=O)[O-])ccc2F)N1. The van der Waals surface area contributed by atoms with Crippen LogP contribution in [0.3, 0.4) is 0 Å². The van der Waals surface area contributed by atoms with Gasteiger partial charge in [-0.15, -0.1) is 0 Å². The minimum absolute atomic E-state index is 0.464. The zero-order valence-corrected chi connectivity index (χ0v) is 14.2. The Morgan fingerprint density at radius 3 is 2.21 bits per heavy atom. The molecule has 2 aromatic rings. The summed E-state index contributed by atoms with van der Waals surface area (Å²) in [6, 6.07) is 5.03. The maximum atomic E-state index is 14.2. The molecule has 1 atom stereocenters. The van der Waals surface area contributed by atoms with Gasteiger partial charge in [0.05, 0.1) is 27.3 Å². The van der Waals surface area contributed by atoms with E-state index in [2.05, 4.69) is 15.6 Å². The molecule has 2 aromatic carbocycles. The van der Waals surface area contributed by atoms with E-state index in [1.54, 1.807) is 0 Å². The Labute approximate surface area is 159 Å². The Balaban J connectivity index is 1.97. The molecule has 1 aliphatic heterocycles. The maximum absolute atomic E-state index is 14.2. The molecule has 3 rings (SSSR count). The summed E-state index contributed by atoms with van der Waals surface area (Å²) in [5.74, 6) is -5.73. The molecule has 1 unspecified atom stereocenters. The number of aliphatic imine (C=N–C) groups is 1. The van der Waals surface area contributed by atoms with Crippen LogP contribution in [-0.4, -0.2) is 16.1 Å². The molecule has 29 heavy (non-hydrogen) atoms. The van der Waals surface area contributed by atoms with Crippen molar-refractivity contribution in [1.82, 2.24) is 5.32 Å². The van der Waals surface area contributed by atoms with Gasteiger partial charge in [0.1, 0.15) is 17.5 Å². The molecular weight excluding hydrogens is 397 g/mol. The predicted molar refractivity (Wildman–Crippen MR) is 95.4 cm³/mol. The molecule has 0 aromatic heterocycles. The number of rotatable bonds is 5. The maximum Gasteiger partial charge on any atom is 0.271 e. The number of hydrogen-bond acceptors (Lipinski definition) is 8. The second-order valence-corrected chi connectivity index (χ2v) is 5.84. The smallest absolute Gasteiger partial charge is 0.271 e. The lowest BCUT2D eigenvalue weighted by Crippen LogP contribution is -2.52. The minimum Gasteiger partial charge on any atom is -0.337 e. The van der Waals surface area contributed by atoms with Crippen LogP contribution in [0.15, 0.2) is 53.0 Å². The van der Waals surface area contributed by atoms with Gasteiger partial charge in [-0.05, 0) is 12.1 Å². The Kier molecular flexibility index (Phi) is 4.90. The van der Waals surface area contributed by atoms with E-state index in [1.807, 2.05) is 0 Å². The van der Waals surface area contributed by atoms with Gasteiger partial charge in [-0.3, -0.25) is 26.0 Å². The van der Waals surface area contributed by atoms with Crippen LogP contribution in [0.5, 0.6) is 0 Å². The summed E-state index contributed by atoms with van der Waals surface area (Å²) >= 11 is 0. The lowest BCUT2D eigenvalue weighted by molar-refractivity contribution is -0.385. The molecule has 0 spiro atoms. The Bertz CT molecular complexity index is 1090. The fraction of sp³-hybridized carbons (Fsp3) is 0.0625. The predicted octanol–water partition coefficient (Wildman–Crippen LogP) is 2.77. The summed E-state index contributed by atoms with van der Waals surface area (Å²) < 4.78 is 42.4. The first-order chi connectivity index (χ1) is 13.6. The van der Waals surface area contributed by atoms with Gasteiger partial charge in [0, 0.05) is 24.3 Å². The number of benzene rings is 2. The summed E-state index contributed by atoms with van der Waals surface area (Å²) in [7, 11) is 0. The fourth-order valence-electron chi connectivity index (χ4n) is 2.51. The number of anilines is 1. The first kappa shape index (κ1) is 19.8. The van der Waals surface area contributed by atoms with Crippen LogP contribution in [0.25, 0.3) is 0 Å². The van der Waals surface area contributed by atoms with E-state index in [1.165, 1.54) is 0 Å². The number of hydrogen-bond donors (Lipinski definition) is 3. The van der Waals surface area contributed by atoms with Crippen molar-refractivity contribution >= 4 is 23.3 Å². The van der Waals surface area contributed by atoms with Gasteiger partial charge in [-0.2, -0.15) is 0 Å². The molecular formula is C16H11F3N6O4. The molecule has 0 saturated heterocycles. The highest BCUT2D eigenvalue weighted by Gasteiger charge is 2.35. The normalized spacial score (nSPS) is 18.3. The molecule has 13 heteroatoms. The third-order valence-electron chi connectivity index (χ3n) is 3.93. The molecule has 0 fully saturated rings. The summed E-state index contributed by atoms with van der Waals surface area (Å²) in [6.07, 6.45) is 0.604. The van der Waals surface area contributed by atoms with Crippen LogP contribution in [-0.2, 0) is 5.79 Å². The van der Waals surface area contributed by atoms with Crippen LogP contribution < -0.4 is 16.4 Å². The molecule has 1 heterocycles. The highest BCUT2D eigenvalue weighted by atomic mass is 19.1. The lowest BCUT2D eigenvalue weighted by atomic mass is 10.1. The lowest BCUT2D eigenvalue weighted by Gasteiger charge is -2.32. The van der Waals surface area contributed by atoms with Crippen molar-refractivity contribution in [2.45, 2.75) is 5.79 Å². The third kappa shape index (κ3) is 3.84. The Morgan fingerprint density at radius 2 is 1.59 bits per heavy atom. The van der Waals surface area contributed by atoms with Crippen molar-refractivity contribution in [3.63, 3.8) is 0 Å². The van der Waals surface area contributed by atoms with Crippen LogP contribution >= 0.6 is 0 Å². The standard InChI is InChI=1S/C16H11F3N6O4/c17-11-3-1-8(24(26)27)5-10(11)16(20)21-7-13(19)15(23-16)22-14-6-9(25(28)29)2-4-12(14)18/h1-7,22-23H,20H2. The zero-order chi connectivity index (χ0) is 21.3. The highest BCUT2D eigenvalue weighted by molar-refractivity contribution is 5.79. The number of non-ortho nitro benzene ring substituents is 2. The number of nitrogens with one attached hydrogen (secondary N) is 2. The fourth-order valence-corrected chi connectivity index (χ4v) is 2.51. The summed E-state index contributed by atoms with van der Waals surface area (Å²) in [5.41, 5.74) is 4.06. The van der Waals surface area contributed by atoms with Crippen molar-refractivity contribution in [2.24, 2.45) is 10.7 Å². The van der Waals surface area contributed by atoms with Gasteiger partial charge in [0.15, 0.2) is 5.83 Å². The number of nitrogens with zero attached hydrogens (tertiary/aromatic N) is 3. The summed E-state index contributed by atoms with van der Waals surface area (Å²) in [6.45, 7) is 0. The minimum atomic E-state index is -2.18. The summed E-state index contributed by atoms with van der Waals surface area (Å²) in [5, 5.41) is 26.4. The molecule has 0 radical (unpaired) electrons. The quantitative estimate of drug-likeness (QED) is 0.509. The van der Waals surface area contributed by atoms with E-state index in [9.17, 15) is 33.4 Å². The Morgan fingerprint density at radius 1 is 1.00 bits per heavy atom. The first-order valence-corrected chi connectivity index (χ1v) is 7.78. The van der Waals surface area contributed by atoms with Crippen molar-refractivity contribution in [1.29, 1.82) is 0 Å². The molecule has 0 bridgehead atoms. The first-order valence-electron chi connectivity index (χ1n) is 7.78. The van der Waals surface area contributed by atoms with E-state index in [0.29, 0.717) is 6.21 Å². The van der Waals surface area contributed by atoms with Gasteiger partial charge in [0.2, 0.25) is 5.79 Å². The van der Waals surface area contributed by atoms with Gasteiger partial charge in [-0.25, -0.2) is 18.2 Å². The van der Waals surface area contributed by atoms with Crippen LogP contribution in [0, 0.1) is 31.9 Å². The van der Waals surface area contributed by atoms with Crippen molar-refractivity contribution < 1.29 is 23.0 Å². The van der Waals surface area contributed by atoms with Gasteiger partial charge in [0.25, 0.3) is 11.4 Å². The highest BCUT2D eigenvalue weighted by Crippen LogP contribution is 2.30. The number of nitro groups is 2. The molecule has 0 amide bonds. The second kappa shape index (κ2) is 7.20. The topological polar surface area (TPSA) is 149 Å². The number of allylic oxidation sites excluding steroid dienone is 1. The number of halogens is 3. The molecule has 10 nitrogen and oxygen atoms in total. The van der Waals surface area contributed by atoms with E-state index in [4.69, 9.17) is 5.73 Å². The van der Waals surface area contributed by atoms with E-state index >= 15 is 0 Å². The second-order valence-electron chi connectivity index (χ2n) is 5.84. The molecule has 0 saturated carbocycles. The van der Waals surface area contributed by atoms with E-state index in [-0.39, 0.29) is 0 Å². The monoisotopic (exact) mass is 408 g/mol. The average molecular weight is 408 g/mol. The number of nitrogens with two attached hydrogens (primary N) is 1. The van der Waals surface area contributed by atoms with Gasteiger partial charge < -0.3 is 10.6 Å².